The molecule has 3 N–H and O–H groups in total. The largest absolute Gasteiger partial charge is 0.593 e. The maximum atomic E-state index is 13.7. The van der Waals surface area contributed by atoms with Crippen molar-refractivity contribution in [3.8, 4) is 11.1 Å². The summed E-state index contributed by atoms with van der Waals surface area (Å²) >= 11 is -1.88. The number of carbonyl (C=O) groups is 1. The predicted octanol–water partition coefficient (Wildman–Crippen LogP) is 3.19. The number of anilines is 1. The first kappa shape index (κ1) is 19.0. The maximum Gasteiger partial charge on any atom is 0.228 e. The number of benzene rings is 2. The summed E-state index contributed by atoms with van der Waals surface area (Å²) in [5, 5.41) is 8.15. The molecule has 0 aliphatic rings. The summed E-state index contributed by atoms with van der Waals surface area (Å²) in [6, 6.07) is 11.8. The molecule has 0 fully saturated rings. The molecule has 1 atom stereocenters. The minimum atomic E-state index is -1.88. The van der Waals surface area contributed by atoms with Gasteiger partial charge in [0.2, 0.25) is 5.91 Å². The van der Waals surface area contributed by atoms with E-state index in [-0.39, 0.29) is 16.9 Å². The minimum absolute atomic E-state index is 0.150. The molecule has 8 heteroatoms. The molecule has 3 rings (SSSR count). The Hall–Kier alpha value is -2.81. The van der Waals surface area contributed by atoms with E-state index in [0.717, 1.165) is 6.20 Å². The zero-order chi connectivity index (χ0) is 19.4. The maximum absolute atomic E-state index is 13.7. The first-order chi connectivity index (χ1) is 12.9. The molecular weight excluding hydrogens is 372 g/mol. The molecule has 0 spiro atoms. The van der Waals surface area contributed by atoms with E-state index in [0.29, 0.717) is 16.8 Å². The van der Waals surface area contributed by atoms with Gasteiger partial charge in [-0.15, -0.1) is 5.14 Å². The lowest BCUT2D eigenvalue weighted by atomic mass is 10.1. The van der Waals surface area contributed by atoms with E-state index >= 15 is 0 Å². The smallest absolute Gasteiger partial charge is 0.228 e. The van der Waals surface area contributed by atoms with Crippen molar-refractivity contribution in [2.75, 3.05) is 5.32 Å². The van der Waals surface area contributed by atoms with Crippen molar-refractivity contribution in [3.05, 3.63) is 78.1 Å². The van der Waals surface area contributed by atoms with E-state index in [1.54, 1.807) is 24.3 Å². The summed E-state index contributed by atoms with van der Waals surface area (Å²) in [5.74, 6) is -1.44. The quantitative estimate of drug-likeness (QED) is 0.658. The van der Waals surface area contributed by atoms with Gasteiger partial charge in [-0.25, -0.2) is 8.78 Å². The van der Waals surface area contributed by atoms with Gasteiger partial charge < -0.3 is 9.87 Å². The fraction of sp³-hybridized carbons (Fsp3) is 0.0526. The van der Waals surface area contributed by atoms with Gasteiger partial charge in [-0.1, -0.05) is 18.2 Å². The Labute approximate surface area is 157 Å². The highest BCUT2D eigenvalue weighted by atomic mass is 32.2. The summed E-state index contributed by atoms with van der Waals surface area (Å²) in [6.07, 6.45) is 2.33. The Balaban J connectivity index is 1.84. The van der Waals surface area contributed by atoms with E-state index in [4.69, 9.17) is 5.14 Å². The van der Waals surface area contributed by atoms with E-state index < -0.39 is 28.9 Å². The van der Waals surface area contributed by atoms with E-state index in [2.05, 4.69) is 10.3 Å². The van der Waals surface area contributed by atoms with Crippen LogP contribution in [0.4, 0.5) is 14.5 Å². The number of nitrogens with two attached hydrogens (primary N) is 1. The molecule has 27 heavy (non-hydrogen) atoms. The van der Waals surface area contributed by atoms with Gasteiger partial charge in [-0.2, -0.15) is 0 Å². The molecule has 1 amide bonds. The molecule has 0 radical (unpaired) electrons. The Morgan fingerprint density at radius 3 is 2.63 bits per heavy atom. The highest BCUT2D eigenvalue weighted by Crippen LogP contribution is 2.29. The molecule has 1 heterocycles. The fourth-order valence-electron chi connectivity index (χ4n) is 2.58. The van der Waals surface area contributed by atoms with Gasteiger partial charge in [-0.05, 0) is 29.8 Å². The second-order valence-electron chi connectivity index (χ2n) is 5.72. The molecule has 138 valence electrons. The first-order valence-corrected chi connectivity index (χ1v) is 9.10. The summed E-state index contributed by atoms with van der Waals surface area (Å²) < 4.78 is 39.0. The molecule has 0 saturated carbocycles. The van der Waals surface area contributed by atoms with Crippen molar-refractivity contribution < 1.29 is 18.1 Å². The Morgan fingerprint density at radius 1 is 1.15 bits per heavy atom. The van der Waals surface area contributed by atoms with Gasteiger partial charge in [0.15, 0.2) is 4.90 Å². The molecule has 0 aliphatic carbocycles. The molecule has 0 bridgehead atoms. The van der Waals surface area contributed by atoms with Crippen molar-refractivity contribution in [2.45, 2.75) is 11.3 Å². The Morgan fingerprint density at radius 2 is 1.93 bits per heavy atom. The molecule has 1 aromatic heterocycles. The predicted molar refractivity (Wildman–Crippen MR) is 99.0 cm³/mol. The van der Waals surface area contributed by atoms with E-state index in [1.165, 1.54) is 30.5 Å². The van der Waals surface area contributed by atoms with Crippen LogP contribution in [0.5, 0.6) is 0 Å². The number of nitrogens with one attached hydrogen (secondary N) is 1. The van der Waals surface area contributed by atoms with Crippen LogP contribution in [-0.4, -0.2) is 15.4 Å². The topological polar surface area (TPSA) is 91.1 Å². The third kappa shape index (κ3) is 4.68. The average molecular weight is 387 g/mol. The summed E-state index contributed by atoms with van der Waals surface area (Å²) in [5.41, 5.74) is 1.46. The van der Waals surface area contributed by atoms with Crippen molar-refractivity contribution >= 4 is 23.0 Å². The molecular formula is C19H15F2N3O2S. The van der Waals surface area contributed by atoms with Crippen molar-refractivity contribution in [2.24, 2.45) is 5.14 Å². The molecule has 1 unspecified atom stereocenters. The number of hydrogen-bond donors (Lipinski definition) is 2. The monoisotopic (exact) mass is 387 g/mol. The standard InChI is InChI=1S/C19H15F2N3O2S/c20-14-7-13(10-23-11-14)16-6-5-15(9-18(16)27(22)26)24-19(25)8-12-3-1-2-4-17(12)21/h1-7,9-11H,8,22H2,(H,24,25). The lowest BCUT2D eigenvalue weighted by Crippen LogP contribution is -2.17. The van der Waals surface area contributed by atoms with Gasteiger partial charge in [-0.3, -0.25) is 9.78 Å². The van der Waals surface area contributed by atoms with E-state index in [9.17, 15) is 18.1 Å². The number of halogens is 2. The van der Waals surface area contributed by atoms with Gasteiger partial charge in [0.25, 0.3) is 0 Å². The van der Waals surface area contributed by atoms with Gasteiger partial charge in [0.05, 0.1) is 24.0 Å². The van der Waals surface area contributed by atoms with Gasteiger partial charge in [0.1, 0.15) is 11.6 Å². The zero-order valence-electron chi connectivity index (χ0n) is 14.0. The summed E-state index contributed by atoms with van der Waals surface area (Å²) in [4.78, 5) is 16.2. The summed E-state index contributed by atoms with van der Waals surface area (Å²) in [6.45, 7) is 0. The molecule has 0 aliphatic heterocycles. The van der Waals surface area contributed by atoms with Gasteiger partial charge >= 0.3 is 0 Å². The first-order valence-electron chi connectivity index (χ1n) is 7.88. The van der Waals surface area contributed by atoms with Crippen LogP contribution in [0.25, 0.3) is 11.1 Å². The van der Waals surface area contributed by atoms with Crippen molar-refractivity contribution in [3.63, 3.8) is 0 Å². The number of nitrogens with zero attached hydrogens (tertiary/aromatic N) is 1. The third-order valence-electron chi connectivity index (χ3n) is 3.81. The van der Waals surface area contributed by atoms with Crippen LogP contribution in [0, 0.1) is 11.6 Å². The molecule has 0 saturated heterocycles. The number of aromatic nitrogens is 1. The minimum Gasteiger partial charge on any atom is -0.593 e. The highest BCUT2D eigenvalue weighted by molar-refractivity contribution is 7.89. The number of pyridine rings is 1. The normalized spacial score (nSPS) is 11.9. The Kier molecular flexibility index (Phi) is 5.80. The van der Waals surface area contributed by atoms with Crippen LogP contribution >= 0.6 is 0 Å². The molecule has 5 nitrogen and oxygen atoms in total. The Bertz CT molecular complexity index is 983. The van der Waals surface area contributed by atoms with Gasteiger partial charge in [0, 0.05) is 29.1 Å². The van der Waals surface area contributed by atoms with Crippen molar-refractivity contribution in [1.82, 2.24) is 4.98 Å². The zero-order valence-corrected chi connectivity index (χ0v) is 14.8. The fourth-order valence-corrected chi connectivity index (χ4v) is 3.23. The van der Waals surface area contributed by atoms with Crippen LogP contribution < -0.4 is 10.5 Å². The molecule has 3 aromatic rings. The van der Waals surface area contributed by atoms with Crippen LogP contribution in [0.15, 0.2) is 65.8 Å². The lowest BCUT2D eigenvalue weighted by molar-refractivity contribution is -0.115. The van der Waals surface area contributed by atoms with E-state index in [1.807, 2.05) is 0 Å². The van der Waals surface area contributed by atoms with Crippen LogP contribution in [-0.2, 0) is 22.6 Å². The third-order valence-corrected chi connectivity index (χ3v) is 4.58. The lowest BCUT2D eigenvalue weighted by Gasteiger charge is -2.12. The summed E-state index contributed by atoms with van der Waals surface area (Å²) in [7, 11) is 0. The number of carbonyl (C=O) groups excluding carboxylic acids is 1. The molecule has 2 aromatic carbocycles. The SMILES string of the molecule is N[S+]([O-])c1cc(NC(=O)Cc2ccccc2F)ccc1-c1cncc(F)c1. The van der Waals surface area contributed by atoms with Crippen molar-refractivity contribution in [1.29, 1.82) is 0 Å². The second-order valence-corrected chi connectivity index (χ2v) is 6.75. The average Bonchev–Trinajstić information content (AvgIpc) is 2.63. The highest BCUT2D eigenvalue weighted by Gasteiger charge is 2.17. The van der Waals surface area contributed by atoms with Crippen LogP contribution in [0.2, 0.25) is 0 Å². The number of hydrogen-bond acceptors (Lipinski definition) is 4. The number of amides is 1. The number of rotatable bonds is 5. The second kappa shape index (κ2) is 8.26. The van der Waals surface area contributed by atoms with Crippen LogP contribution in [0.1, 0.15) is 5.56 Å². The van der Waals surface area contributed by atoms with Crippen LogP contribution in [0.3, 0.4) is 0 Å².